The molecule has 2 atom stereocenters. The Bertz CT molecular complexity index is 534. The van der Waals surface area contributed by atoms with E-state index in [0.717, 1.165) is 26.1 Å². The summed E-state index contributed by atoms with van der Waals surface area (Å²) in [6.45, 7) is 5.12. The predicted octanol–water partition coefficient (Wildman–Crippen LogP) is 1.76. The average Bonchev–Trinajstić information content (AvgIpc) is 2.90. The number of rotatable bonds is 3. The van der Waals surface area contributed by atoms with Crippen molar-refractivity contribution in [2.45, 2.75) is 25.8 Å². The Labute approximate surface area is 124 Å². The number of benzene rings is 1. The van der Waals surface area contributed by atoms with E-state index in [-0.39, 0.29) is 11.7 Å². The van der Waals surface area contributed by atoms with Crippen LogP contribution >= 0.6 is 0 Å². The zero-order valence-electron chi connectivity index (χ0n) is 12.4. The number of carbonyl (C=O) groups is 1. The van der Waals surface area contributed by atoms with Crippen molar-refractivity contribution in [1.29, 1.82) is 0 Å². The predicted molar refractivity (Wildman–Crippen MR) is 80.7 cm³/mol. The van der Waals surface area contributed by atoms with Crippen molar-refractivity contribution >= 4 is 11.6 Å². The van der Waals surface area contributed by atoms with Crippen molar-refractivity contribution in [3.8, 4) is 0 Å². The fourth-order valence-electron chi connectivity index (χ4n) is 3.34. The van der Waals surface area contributed by atoms with Gasteiger partial charge in [0, 0.05) is 24.8 Å². The van der Waals surface area contributed by atoms with Gasteiger partial charge in [-0.25, -0.2) is 4.39 Å². The van der Waals surface area contributed by atoms with Crippen LogP contribution in [0.1, 0.15) is 18.4 Å². The van der Waals surface area contributed by atoms with Crippen LogP contribution in [0.25, 0.3) is 0 Å². The average molecular weight is 291 g/mol. The quantitative estimate of drug-likeness (QED) is 0.892. The number of aryl methyl sites for hydroxylation is 1. The summed E-state index contributed by atoms with van der Waals surface area (Å²) in [5.74, 6) is 0.316. The van der Waals surface area contributed by atoms with Gasteiger partial charge in [-0.05, 0) is 49.9 Å². The first-order valence-electron chi connectivity index (χ1n) is 7.63. The highest BCUT2D eigenvalue weighted by Gasteiger charge is 2.32. The van der Waals surface area contributed by atoms with Gasteiger partial charge < -0.3 is 10.6 Å². The topological polar surface area (TPSA) is 44.4 Å². The van der Waals surface area contributed by atoms with Crippen LogP contribution in [-0.2, 0) is 4.79 Å². The Morgan fingerprint density at radius 1 is 1.48 bits per heavy atom. The minimum absolute atomic E-state index is 0.0670. The van der Waals surface area contributed by atoms with Gasteiger partial charge in [-0.1, -0.05) is 6.07 Å². The molecule has 0 radical (unpaired) electrons. The molecule has 4 nitrogen and oxygen atoms in total. The highest BCUT2D eigenvalue weighted by molar-refractivity contribution is 5.92. The normalized spacial score (nSPS) is 25.6. The fraction of sp³-hybridized carbons (Fsp3) is 0.562. The van der Waals surface area contributed by atoms with Gasteiger partial charge in [0.05, 0.1) is 6.54 Å². The highest BCUT2D eigenvalue weighted by Crippen LogP contribution is 2.24. The lowest BCUT2D eigenvalue weighted by atomic mass is 9.93. The molecule has 2 saturated heterocycles. The minimum Gasteiger partial charge on any atom is -0.325 e. The monoisotopic (exact) mass is 291 g/mol. The molecule has 3 rings (SSSR count). The van der Waals surface area contributed by atoms with Crippen LogP contribution in [0.3, 0.4) is 0 Å². The standard InChI is InChI=1S/C16H22FN3O/c1-11-2-3-13(8-14(11)17)19-16(21)10-20-7-5-15-12(9-20)4-6-18-15/h2-3,8,12,15,18H,4-7,9-10H2,1H3,(H,19,21). The number of hydrogen-bond acceptors (Lipinski definition) is 3. The number of nitrogens with zero attached hydrogens (tertiary/aromatic N) is 1. The van der Waals surface area contributed by atoms with Gasteiger partial charge >= 0.3 is 0 Å². The highest BCUT2D eigenvalue weighted by atomic mass is 19.1. The molecule has 2 aliphatic rings. The first-order chi connectivity index (χ1) is 10.1. The molecular formula is C16H22FN3O. The van der Waals surface area contributed by atoms with Crippen LogP contribution in [0, 0.1) is 18.7 Å². The number of nitrogens with one attached hydrogen (secondary N) is 2. The van der Waals surface area contributed by atoms with Crippen molar-refractivity contribution in [3.05, 3.63) is 29.6 Å². The SMILES string of the molecule is Cc1ccc(NC(=O)CN2CCC3NCCC3C2)cc1F. The lowest BCUT2D eigenvalue weighted by Crippen LogP contribution is -2.46. The van der Waals surface area contributed by atoms with Gasteiger partial charge in [-0.15, -0.1) is 0 Å². The van der Waals surface area contributed by atoms with E-state index in [1.165, 1.54) is 12.5 Å². The smallest absolute Gasteiger partial charge is 0.238 e. The molecule has 0 aliphatic carbocycles. The first-order valence-corrected chi connectivity index (χ1v) is 7.63. The minimum atomic E-state index is -0.286. The van der Waals surface area contributed by atoms with Crippen molar-refractivity contribution in [2.75, 3.05) is 31.5 Å². The summed E-state index contributed by atoms with van der Waals surface area (Å²) in [5.41, 5.74) is 1.12. The van der Waals surface area contributed by atoms with Crippen molar-refractivity contribution in [1.82, 2.24) is 10.2 Å². The van der Waals surface area contributed by atoms with E-state index in [2.05, 4.69) is 15.5 Å². The van der Waals surface area contributed by atoms with Crippen LogP contribution in [0.5, 0.6) is 0 Å². The maximum Gasteiger partial charge on any atom is 0.238 e. The molecule has 2 heterocycles. The summed E-state index contributed by atoms with van der Waals surface area (Å²) in [7, 11) is 0. The molecule has 2 fully saturated rings. The zero-order chi connectivity index (χ0) is 14.8. The molecule has 2 unspecified atom stereocenters. The maximum atomic E-state index is 13.5. The summed E-state index contributed by atoms with van der Waals surface area (Å²) in [6, 6.07) is 5.43. The molecule has 1 aromatic rings. The number of amides is 1. The van der Waals surface area contributed by atoms with Gasteiger partial charge in [0.1, 0.15) is 5.82 Å². The molecule has 1 aromatic carbocycles. The number of anilines is 1. The molecule has 2 aliphatic heterocycles. The first kappa shape index (κ1) is 14.5. The second-order valence-electron chi connectivity index (χ2n) is 6.15. The lowest BCUT2D eigenvalue weighted by molar-refractivity contribution is -0.117. The van der Waals surface area contributed by atoms with E-state index >= 15 is 0 Å². The van der Waals surface area contributed by atoms with Crippen LogP contribution in [0.15, 0.2) is 18.2 Å². The maximum absolute atomic E-state index is 13.5. The Hall–Kier alpha value is -1.46. The molecule has 2 N–H and O–H groups in total. The molecule has 5 heteroatoms. The molecule has 0 bridgehead atoms. The zero-order valence-corrected chi connectivity index (χ0v) is 12.4. The fourth-order valence-corrected chi connectivity index (χ4v) is 3.34. The van der Waals surface area contributed by atoms with Gasteiger partial charge in [0.15, 0.2) is 0 Å². The van der Waals surface area contributed by atoms with Gasteiger partial charge in [-0.3, -0.25) is 9.69 Å². The van der Waals surface area contributed by atoms with E-state index in [1.807, 2.05) is 0 Å². The third-order valence-corrected chi connectivity index (χ3v) is 4.56. The van der Waals surface area contributed by atoms with Crippen molar-refractivity contribution in [3.63, 3.8) is 0 Å². The van der Waals surface area contributed by atoms with Gasteiger partial charge in [0.25, 0.3) is 0 Å². The number of carbonyl (C=O) groups excluding carboxylic acids is 1. The largest absolute Gasteiger partial charge is 0.325 e. The van der Waals surface area contributed by atoms with Crippen LogP contribution in [0.2, 0.25) is 0 Å². The number of likely N-dealkylation sites (tertiary alicyclic amines) is 1. The van der Waals surface area contributed by atoms with Crippen LogP contribution < -0.4 is 10.6 Å². The Morgan fingerprint density at radius 2 is 2.33 bits per heavy atom. The number of piperidine rings is 1. The second-order valence-corrected chi connectivity index (χ2v) is 6.15. The second kappa shape index (κ2) is 6.12. The van der Waals surface area contributed by atoms with E-state index in [9.17, 15) is 9.18 Å². The summed E-state index contributed by atoms with van der Waals surface area (Å²) >= 11 is 0. The Balaban J connectivity index is 1.53. The Morgan fingerprint density at radius 3 is 3.14 bits per heavy atom. The summed E-state index contributed by atoms with van der Waals surface area (Å²) in [6.07, 6.45) is 2.31. The van der Waals surface area contributed by atoms with Crippen LogP contribution in [0.4, 0.5) is 10.1 Å². The third-order valence-electron chi connectivity index (χ3n) is 4.56. The summed E-state index contributed by atoms with van der Waals surface area (Å²) in [4.78, 5) is 14.3. The summed E-state index contributed by atoms with van der Waals surface area (Å²) in [5, 5.41) is 6.30. The van der Waals surface area contributed by atoms with E-state index < -0.39 is 0 Å². The molecule has 0 spiro atoms. The molecule has 0 saturated carbocycles. The number of halogens is 1. The molecule has 21 heavy (non-hydrogen) atoms. The Kier molecular flexibility index (Phi) is 4.22. The summed E-state index contributed by atoms with van der Waals surface area (Å²) < 4.78 is 13.5. The van der Waals surface area contributed by atoms with E-state index in [1.54, 1.807) is 19.1 Å². The van der Waals surface area contributed by atoms with Crippen LogP contribution in [-0.4, -0.2) is 43.0 Å². The van der Waals surface area contributed by atoms with Gasteiger partial charge in [0.2, 0.25) is 5.91 Å². The van der Waals surface area contributed by atoms with Crippen molar-refractivity contribution in [2.24, 2.45) is 5.92 Å². The number of fused-ring (bicyclic) bond motifs is 1. The van der Waals surface area contributed by atoms with Gasteiger partial charge in [-0.2, -0.15) is 0 Å². The van der Waals surface area contributed by atoms with E-state index in [4.69, 9.17) is 0 Å². The van der Waals surface area contributed by atoms with E-state index in [0.29, 0.717) is 29.8 Å². The van der Waals surface area contributed by atoms with Crippen molar-refractivity contribution < 1.29 is 9.18 Å². The molecule has 0 aromatic heterocycles. The third kappa shape index (κ3) is 3.41. The lowest BCUT2D eigenvalue weighted by Gasteiger charge is -2.34. The number of hydrogen-bond donors (Lipinski definition) is 2. The molecular weight excluding hydrogens is 269 g/mol. The molecule has 1 amide bonds. The molecule has 114 valence electrons.